The van der Waals surface area contributed by atoms with Crippen molar-refractivity contribution in [3.05, 3.63) is 0 Å². The Kier molecular flexibility index (Phi) is 4.79. The van der Waals surface area contributed by atoms with Crippen LogP contribution >= 0.6 is 11.8 Å². The minimum atomic E-state index is 0.339. The van der Waals surface area contributed by atoms with E-state index in [1.165, 1.54) is 50.2 Å². The van der Waals surface area contributed by atoms with Crippen LogP contribution < -0.4 is 5.73 Å². The molecule has 0 amide bonds. The second-order valence-corrected chi connectivity index (χ2v) is 7.05. The zero-order valence-electron chi connectivity index (χ0n) is 11.5. The molecule has 0 spiro atoms. The number of thioether (sulfide) groups is 1. The molecule has 1 heterocycles. The summed E-state index contributed by atoms with van der Waals surface area (Å²) < 4.78 is 0. The Morgan fingerprint density at radius 1 is 1.35 bits per heavy atom. The summed E-state index contributed by atoms with van der Waals surface area (Å²) in [7, 11) is 0. The van der Waals surface area contributed by atoms with Gasteiger partial charge in [0, 0.05) is 36.2 Å². The first-order chi connectivity index (χ1) is 8.22. The van der Waals surface area contributed by atoms with E-state index in [-0.39, 0.29) is 0 Å². The Morgan fingerprint density at radius 3 is 2.59 bits per heavy atom. The van der Waals surface area contributed by atoms with Gasteiger partial charge in [0.2, 0.25) is 0 Å². The maximum Gasteiger partial charge on any atom is 0.0335 e. The first-order valence-electron chi connectivity index (χ1n) is 7.26. The van der Waals surface area contributed by atoms with Gasteiger partial charge in [-0.05, 0) is 38.5 Å². The molecule has 17 heavy (non-hydrogen) atoms. The second kappa shape index (κ2) is 5.94. The molecule has 1 aliphatic carbocycles. The number of hydrogen-bond donors (Lipinski definition) is 1. The predicted octanol–water partition coefficient (Wildman–Crippen LogP) is 2.72. The Balaban J connectivity index is 2.03. The molecule has 3 heteroatoms. The van der Waals surface area contributed by atoms with E-state index in [0.717, 1.165) is 18.5 Å². The highest BCUT2D eigenvalue weighted by molar-refractivity contribution is 7.99. The zero-order chi connectivity index (χ0) is 12.3. The van der Waals surface area contributed by atoms with Crippen LogP contribution in [0.1, 0.15) is 46.0 Å². The highest BCUT2D eigenvalue weighted by Crippen LogP contribution is 2.39. The van der Waals surface area contributed by atoms with Crippen molar-refractivity contribution in [2.45, 2.75) is 57.5 Å². The monoisotopic (exact) mass is 256 g/mol. The van der Waals surface area contributed by atoms with Crippen LogP contribution in [0.4, 0.5) is 0 Å². The quantitative estimate of drug-likeness (QED) is 0.842. The minimum absolute atomic E-state index is 0.339. The average Bonchev–Trinajstić information content (AvgIpc) is 2.39. The van der Waals surface area contributed by atoms with Crippen molar-refractivity contribution in [1.82, 2.24) is 4.90 Å². The summed E-state index contributed by atoms with van der Waals surface area (Å²) in [5.41, 5.74) is 6.51. The van der Waals surface area contributed by atoms with Crippen LogP contribution in [0.15, 0.2) is 0 Å². The average molecular weight is 256 g/mol. The van der Waals surface area contributed by atoms with Gasteiger partial charge >= 0.3 is 0 Å². The van der Waals surface area contributed by atoms with E-state index in [9.17, 15) is 0 Å². The summed E-state index contributed by atoms with van der Waals surface area (Å²) in [4.78, 5) is 2.75. The predicted molar refractivity (Wildman–Crippen MR) is 77.5 cm³/mol. The van der Waals surface area contributed by atoms with Crippen LogP contribution in [0.3, 0.4) is 0 Å². The van der Waals surface area contributed by atoms with Crippen molar-refractivity contribution in [2.24, 2.45) is 11.7 Å². The fourth-order valence-electron chi connectivity index (χ4n) is 3.66. The highest BCUT2D eigenvalue weighted by atomic mass is 32.2. The molecule has 0 aromatic rings. The smallest absolute Gasteiger partial charge is 0.0335 e. The van der Waals surface area contributed by atoms with E-state index in [2.05, 4.69) is 30.5 Å². The molecule has 1 aliphatic heterocycles. The Morgan fingerprint density at radius 2 is 2.06 bits per heavy atom. The molecule has 2 nitrogen and oxygen atoms in total. The third kappa shape index (κ3) is 2.82. The molecule has 2 N–H and O–H groups in total. The molecule has 1 saturated carbocycles. The van der Waals surface area contributed by atoms with Crippen molar-refractivity contribution >= 4 is 11.8 Å². The van der Waals surface area contributed by atoms with Crippen molar-refractivity contribution in [3.8, 4) is 0 Å². The lowest BCUT2D eigenvalue weighted by Crippen LogP contribution is -2.61. The van der Waals surface area contributed by atoms with Crippen molar-refractivity contribution in [1.29, 1.82) is 0 Å². The molecule has 0 bridgehead atoms. The van der Waals surface area contributed by atoms with Crippen LogP contribution in [0.2, 0.25) is 0 Å². The van der Waals surface area contributed by atoms with Crippen molar-refractivity contribution in [2.75, 3.05) is 24.6 Å². The van der Waals surface area contributed by atoms with E-state index in [1.807, 2.05) is 0 Å². The van der Waals surface area contributed by atoms with Crippen LogP contribution in [-0.2, 0) is 0 Å². The maximum absolute atomic E-state index is 6.17. The third-order valence-corrected chi connectivity index (χ3v) is 6.16. The van der Waals surface area contributed by atoms with Gasteiger partial charge in [-0.25, -0.2) is 0 Å². The van der Waals surface area contributed by atoms with E-state index < -0.39 is 0 Å². The largest absolute Gasteiger partial charge is 0.329 e. The molecule has 100 valence electrons. The molecular formula is C14H28N2S. The number of nitrogens with two attached hydrogens (primary N) is 1. The summed E-state index contributed by atoms with van der Waals surface area (Å²) in [5, 5.41) is 0. The van der Waals surface area contributed by atoms with Gasteiger partial charge in [0.15, 0.2) is 0 Å². The summed E-state index contributed by atoms with van der Waals surface area (Å²) in [5.74, 6) is 3.55. The molecule has 2 aliphatic rings. The van der Waals surface area contributed by atoms with E-state index in [0.29, 0.717) is 5.54 Å². The molecule has 1 atom stereocenters. The van der Waals surface area contributed by atoms with Gasteiger partial charge in [0.1, 0.15) is 0 Å². The maximum atomic E-state index is 6.17. The minimum Gasteiger partial charge on any atom is -0.329 e. The number of nitrogens with zero attached hydrogens (tertiary/aromatic N) is 1. The molecule has 0 aromatic heterocycles. The number of hydrogen-bond acceptors (Lipinski definition) is 3. The van der Waals surface area contributed by atoms with E-state index in [1.54, 1.807) is 0 Å². The van der Waals surface area contributed by atoms with Crippen LogP contribution in [0, 0.1) is 5.92 Å². The normalized spacial score (nSPS) is 40.4. The van der Waals surface area contributed by atoms with Gasteiger partial charge < -0.3 is 5.73 Å². The van der Waals surface area contributed by atoms with Gasteiger partial charge in [-0.15, -0.1) is 0 Å². The van der Waals surface area contributed by atoms with Crippen molar-refractivity contribution < 1.29 is 0 Å². The summed E-state index contributed by atoms with van der Waals surface area (Å²) in [6.07, 6.45) is 6.80. The SMILES string of the molecule is CCC1CCC(CN)(N2CCSCC2C)CC1. The molecule has 2 fully saturated rings. The van der Waals surface area contributed by atoms with Crippen molar-refractivity contribution in [3.63, 3.8) is 0 Å². The molecular weight excluding hydrogens is 228 g/mol. The summed E-state index contributed by atoms with van der Waals surface area (Å²) in [6, 6.07) is 0.718. The third-order valence-electron chi connectivity index (χ3n) is 4.97. The van der Waals surface area contributed by atoms with Crippen LogP contribution in [-0.4, -0.2) is 41.1 Å². The Hall–Kier alpha value is 0.270. The van der Waals surface area contributed by atoms with Gasteiger partial charge in [-0.2, -0.15) is 11.8 Å². The molecule has 2 rings (SSSR count). The molecule has 1 unspecified atom stereocenters. The topological polar surface area (TPSA) is 29.3 Å². The Bertz CT molecular complexity index is 236. The lowest BCUT2D eigenvalue weighted by Gasteiger charge is -2.51. The first-order valence-corrected chi connectivity index (χ1v) is 8.42. The fourth-order valence-corrected chi connectivity index (χ4v) is 4.68. The van der Waals surface area contributed by atoms with Gasteiger partial charge in [0.25, 0.3) is 0 Å². The molecule has 0 aromatic carbocycles. The van der Waals surface area contributed by atoms with Crippen LogP contribution in [0.5, 0.6) is 0 Å². The zero-order valence-corrected chi connectivity index (χ0v) is 12.3. The lowest BCUT2D eigenvalue weighted by molar-refractivity contribution is 0.0216. The van der Waals surface area contributed by atoms with Crippen LogP contribution in [0.25, 0.3) is 0 Å². The van der Waals surface area contributed by atoms with Gasteiger partial charge in [-0.3, -0.25) is 4.90 Å². The van der Waals surface area contributed by atoms with E-state index in [4.69, 9.17) is 5.73 Å². The Labute approximate surface area is 111 Å². The highest BCUT2D eigenvalue weighted by Gasteiger charge is 2.41. The fraction of sp³-hybridized carbons (Fsp3) is 1.00. The second-order valence-electron chi connectivity index (χ2n) is 5.90. The number of rotatable bonds is 3. The molecule has 1 saturated heterocycles. The lowest BCUT2D eigenvalue weighted by atomic mass is 9.74. The van der Waals surface area contributed by atoms with Gasteiger partial charge in [-0.1, -0.05) is 13.3 Å². The molecule has 0 radical (unpaired) electrons. The summed E-state index contributed by atoms with van der Waals surface area (Å²) >= 11 is 2.10. The summed E-state index contributed by atoms with van der Waals surface area (Å²) in [6.45, 7) is 6.83. The van der Waals surface area contributed by atoms with E-state index >= 15 is 0 Å². The standard InChI is InChI=1S/C14H28N2S/c1-3-13-4-6-14(11-15,7-5-13)16-8-9-17-10-12(16)2/h12-13H,3-11,15H2,1-2H3. The first kappa shape index (κ1) is 13.7. The van der Waals surface area contributed by atoms with Gasteiger partial charge in [0.05, 0.1) is 0 Å².